The minimum Gasteiger partial charge on any atom is -0.355 e. The average molecular weight is 1130 g/mol. The van der Waals surface area contributed by atoms with Crippen LogP contribution in [0.2, 0.25) is 5.02 Å². The number of rotatable bonds is 16. The van der Waals surface area contributed by atoms with Gasteiger partial charge < -0.3 is 31.9 Å². The van der Waals surface area contributed by atoms with Gasteiger partial charge in [0.25, 0.3) is 11.8 Å². The molecular formula is C60H60ClF7N8O4. The third-order valence-electron chi connectivity index (χ3n) is 15.2. The molecular weight excluding hydrogens is 1070 g/mol. The fourth-order valence-electron chi connectivity index (χ4n) is 11.4. The summed E-state index contributed by atoms with van der Waals surface area (Å²) in [4.78, 5) is 56.2. The highest BCUT2D eigenvalue weighted by atomic mass is 35.5. The van der Waals surface area contributed by atoms with Crippen LogP contribution in [0.15, 0.2) is 146 Å². The Morgan fingerprint density at radius 2 is 0.863 bits per heavy atom. The third kappa shape index (κ3) is 15.0. The number of alkyl halides is 6. The summed E-state index contributed by atoms with van der Waals surface area (Å²) >= 11 is 6.01. The van der Waals surface area contributed by atoms with Gasteiger partial charge in [0.2, 0.25) is 11.8 Å². The molecule has 10 rings (SSSR count). The van der Waals surface area contributed by atoms with Crippen molar-refractivity contribution < 1.29 is 49.9 Å². The summed E-state index contributed by atoms with van der Waals surface area (Å²) in [6, 6.07) is 38.3. The van der Waals surface area contributed by atoms with E-state index >= 15 is 0 Å². The lowest BCUT2D eigenvalue weighted by molar-refractivity contribution is -0.138. The van der Waals surface area contributed by atoms with E-state index in [9.17, 15) is 49.9 Å². The minimum absolute atomic E-state index is 0.00114. The molecule has 0 spiro atoms. The van der Waals surface area contributed by atoms with E-state index in [1.165, 1.54) is 48.0 Å². The van der Waals surface area contributed by atoms with Crippen LogP contribution in [0.5, 0.6) is 0 Å². The van der Waals surface area contributed by atoms with Crippen LogP contribution in [-0.2, 0) is 35.0 Å². The standard InChI is InChI=1S/C30H30ClF3N4O2.C30H30F4N4O2/c2*31-21-10-8-19(9-11-21)18-38-24-12-13-25(38)16-23(15-24)37-28(39)17-35-29(40)26-6-1-2-7-27(26)36-22-5-3-4-20(14-22)30(32,33)34/h2*1-11,14,23-25,36H,12-13,15-18H2,(H,35,40)(H,37,39)/t23-,24-,25+;23-,24+,25-. The maximum atomic E-state index is 13.3. The van der Waals surface area contributed by atoms with Crippen LogP contribution in [-0.4, -0.2) is 82.8 Å². The van der Waals surface area contributed by atoms with E-state index in [0.29, 0.717) is 35.5 Å². The Morgan fingerprint density at radius 1 is 0.487 bits per heavy atom. The van der Waals surface area contributed by atoms with Crippen LogP contribution < -0.4 is 31.9 Å². The number of halogens is 8. The van der Waals surface area contributed by atoms with Crippen molar-refractivity contribution in [1.82, 2.24) is 31.1 Å². The fourth-order valence-corrected chi connectivity index (χ4v) is 11.5. The molecule has 4 heterocycles. The average Bonchev–Trinajstić information content (AvgIpc) is 3.81. The van der Waals surface area contributed by atoms with Crippen LogP contribution in [0.4, 0.5) is 53.5 Å². The second-order valence-corrected chi connectivity index (χ2v) is 21.1. The van der Waals surface area contributed by atoms with Crippen LogP contribution in [0.1, 0.15) is 94.3 Å². The number of hydrogen-bond donors (Lipinski definition) is 6. The molecule has 6 N–H and O–H groups in total. The Balaban J connectivity index is 0.000000194. The van der Waals surface area contributed by atoms with E-state index in [4.69, 9.17) is 11.6 Å². The van der Waals surface area contributed by atoms with Crippen LogP contribution in [0.3, 0.4) is 0 Å². The van der Waals surface area contributed by atoms with Crippen LogP contribution in [0.25, 0.3) is 0 Å². The Hall–Kier alpha value is -7.48. The summed E-state index contributed by atoms with van der Waals surface area (Å²) in [5.41, 5.74) is 2.17. The van der Waals surface area contributed by atoms with Crippen molar-refractivity contribution in [1.29, 1.82) is 0 Å². The molecule has 4 aliphatic rings. The van der Waals surface area contributed by atoms with E-state index in [1.54, 1.807) is 54.6 Å². The summed E-state index contributed by atoms with van der Waals surface area (Å²) in [5, 5.41) is 17.9. The fraction of sp³-hybridized carbons (Fsp3) is 0.333. The predicted molar refractivity (Wildman–Crippen MR) is 292 cm³/mol. The first-order valence-corrected chi connectivity index (χ1v) is 26.9. The number of nitrogens with zero attached hydrogens (tertiary/aromatic N) is 2. The van der Waals surface area contributed by atoms with Gasteiger partial charge in [0.05, 0.1) is 46.7 Å². The van der Waals surface area contributed by atoms with E-state index in [1.807, 2.05) is 24.3 Å². The summed E-state index contributed by atoms with van der Waals surface area (Å²) in [5.74, 6) is -1.83. The highest BCUT2D eigenvalue weighted by Crippen LogP contribution is 2.39. The molecule has 0 radical (unpaired) electrons. The first-order valence-electron chi connectivity index (χ1n) is 26.5. The second-order valence-electron chi connectivity index (χ2n) is 20.7. The number of amides is 4. The maximum Gasteiger partial charge on any atom is 0.416 e. The SMILES string of the molecule is O=C(CNC(=O)c1ccccc1Nc1cccc(C(F)(F)F)c1)N[C@@H]1C[C@H]2CC[C@@H](C1)N2Cc1ccc(Cl)cc1.O=C(CNC(=O)c1ccccc1Nc1cccc(C(F)(F)F)c1)N[C@H]1C[C@H]2CC[C@@H](C1)N2Cc1ccc(F)cc1. The number of para-hydroxylation sites is 2. The van der Waals surface area contributed by atoms with Gasteiger partial charge in [0.1, 0.15) is 5.82 Å². The van der Waals surface area contributed by atoms with Gasteiger partial charge in [-0.2, -0.15) is 26.3 Å². The lowest BCUT2D eigenvalue weighted by Gasteiger charge is -2.39. The summed E-state index contributed by atoms with van der Waals surface area (Å²) in [6.45, 7) is 1.19. The van der Waals surface area contributed by atoms with Crippen LogP contribution >= 0.6 is 11.6 Å². The van der Waals surface area contributed by atoms with Gasteiger partial charge in [-0.1, -0.05) is 72.3 Å². The topological polar surface area (TPSA) is 147 Å². The van der Waals surface area contributed by atoms with E-state index in [2.05, 4.69) is 41.7 Å². The largest absolute Gasteiger partial charge is 0.416 e. The number of fused-ring (bicyclic) bond motifs is 4. The number of anilines is 4. The lowest BCUT2D eigenvalue weighted by atomic mass is 9.96. The number of piperidine rings is 2. The number of carbonyl (C=O) groups is 4. The lowest BCUT2D eigenvalue weighted by Crippen LogP contribution is -2.51. The van der Waals surface area contributed by atoms with E-state index in [0.717, 1.165) is 99.3 Å². The van der Waals surface area contributed by atoms with Gasteiger partial charge in [-0.05, 0) is 147 Å². The third-order valence-corrected chi connectivity index (χ3v) is 15.4. The zero-order chi connectivity index (χ0) is 56.6. The zero-order valence-corrected chi connectivity index (χ0v) is 44.1. The Labute approximate surface area is 463 Å². The summed E-state index contributed by atoms with van der Waals surface area (Å²) in [7, 11) is 0. The molecule has 4 amide bonds. The molecule has 0 aromatic heterocycles. The quantitative estimate of drug-likeness (QED) is 0.0525. The predicted octanol–water partition coefficient (Wildman–Crippen LogP) is 11.8. The Morgan fingerprint density at radius 3 is 1.25 bits per heavy atom. The van der Waals surface area contributed by atoms with Gasteiger partial charge in [0, 0.05) is 65.7 Å². The molecule has 0 unspecified atom stereocenters. The first kappa shape index (κ1) is 57.2. The maximum absolute atomic E-state index is 13.3. The molecule has 4 saturated heterocycles. The molecule has 6 atom stereocenters. The smallest absolute Gasteiger partial charge is 0.355 e. The molecule has 4 bridgehead atoms. The van der Waals surface area contributed by atoms with E-state index < -0.39 is 35.3 Å². The molecule has 20 heteroatoms. The van der Waals surface area contributed by atoms with Crippen molar-refractivity contribution in [3.8, 4) is 0 Å². The highest BCUT2D eigenvalue weighted by Gasteiger charge is 2.42. The summed E-state index contributed by atoms with van der Waals surface area (Å²) in [6.07, 6.45) is -1.36. The van der Waals surface area contributed by atoms with Gasteiger partial charge in [-0.3, -0.25) is 29.0 Å². The van der Waals surface area contributed by atoms with Crippen molar-refractivity contribution in [2.24, 2.45) is 0 Å². The molecule has 0 saturated carbocycles. The van der Waals surface area contributed by atoms with Crippen molar-refractivity contribution in [3.05, 3.63) is 190 Å². The monoisotopic (exact) mass is 1120 g/mol. The normalized spacial score (nSPS) is 20.6. The number of benzene rings is 6. The number of nitrogens with one attached hydrogen (secondary N) is 6. The molecule has 4 fully saturated rings. The Kier molecular flexibility index (Phi) is 18.1. The number of hydrogen-bond acceptors (Lipinski definition) is 8. The minimum atomic E-state index is -4.49. The summed E-state index contributed by atoms with van der Waals surface area (Å²) < 4.78 is 91.8. The van der Waals surface area contributed by atoms with Crippen molar-refractivity contribution in [2.75, 3.05) is 23.7 Å². The second kappa shape index (κ2) is 25.3. The molecule has 0 aliphatic carbocycles. The molecule has 420 valence electrons. The van der Waals surface area contributed by atoms with Gasteiger partial charge in [-0.15, -0.1) is 0 Å². The van der Waals surface area contributed by atoms with Crippen molar-refractivity contribution >= 4 is 58.0 Å². The molecule has 4 aliphatic heterocycles. The van der Waals surface area contributed by atoms with Crippen molar-refractivity contribution in [3.63, 3.8) is 0 Å². The van der Waals surface area contributed by atoms with Gasteiger partial charge >= 0.3 is 12.4 Å². The molecule has 6 aromatic rings. The van der Waals surface area contributed by atoms with Gasteiger partial charge in [-0.25, -0.2) is 4.39 Å². The number of carbonyl (C=O) groups excluding carboxylic acids is 4. The van der Waals surface area contributed by atoms with Crippen LogP contribution in [0, 0.1) is 5.82 Å². The van der Waals surface area contributed by atoms with E-state index in [-0.39, 0.29) is 65.3 Å². The highest BCUT2D eigenvalue weighted by molar-refractivity contribution is 6.30. The molecule has 12 nitrogen and oxygen atoms in total. The Bertz CT molecular complexity index is 2910. The van der Waals surface area contributed by atoms with Gasteiger partial charge in [0.15, 0.2) is 0 Å². The van der Waals surface area contributed by atoms with Crippen molar-refractivity contribution in [2.45, 2.75) is 113 Å². The zero-order valence-electron chi connectivity index (χ0n) is 43.4. The molecule has 6 aromatic carbocycles. The first-order chi connectivity index (χ1) is 38.3. The molecule has 80 heavy (non-hydrogen) atoms.